The van der Waals surface area contributed by atoms with Gasteiger partial charge in [0.15, 0.2) is 0 Å². The topological polar surface area (TPSA) is 41.5 Å². The van der Waals surface area contributed by atoms with Gasteiger partial charge in [0.05, 0.1) is 5.37 Å². The van der Waals surface area contributed by atoms with Crippen LogP contribution in [0.15, 0.2) is 0 Å². The number of aliphatic hydroxyl groups is 1. The van der Waals surface area contributed by atoms with Crippen molar-refractivity contribution in [3.63, 3.8) is 0 Å². The fourth-order valence-corrected chi connectivity index (χ4v) is 1.12. The van der Waals surface area contributed by atoms with Crippen molar-refractivity contribution in [2.24, 2.45) is 0 Å². The Morgan fingerprint density at radius 3 is 2.69 bits per heavy atom. The van der Waals surface area contributed by atoms with E-state index in [2.05, 4.69) is 18.5 Å². The maximum absolute atomic E-state index is 8.48. The van der Waals surface area contributed by atoms with E-state index >= 15 is 0 Å². The summed E-state index contributed by atoms with van der Waals surface area (Å²) < 4.78 is 5.28. The molecule has 0 aliphatic carbocycles. The molecule has 0 fully saturated rings. The molecule has 0 aliphatic rings. The van der Waals surface area contributed by atoms with E-state index in [0.717, 1.165) is 26.0 Å². The molecule has 0 saturated carbocycles. The summed E-state index contributed by atoms with van der Waals surface area (Å²) in [7, 11) is 0. The first-order valence-electron chi connectivity index (χ1n) is 4.76. The maximum Gasteiger partial charge on any atom is 0.0500 e. The lowest BCUT2D eigenvalue weighted by molar-refractivity contribution is 0.114. The Morgan fingerprint density at radius 1 is 1.38 bits per heavy atom. The minimum Gasteiger partial charge on any atom is -0.396 e. The second-order valence-corrected chi connectivity index (χ2v) is 4.05. The zero-order valence-electron chi connectivity index (χ0n) is 8.58. The fraction of sp³-hybridized carbons (Fsp3) is 1.00. The third kappa shape index (κ3) is 10.1. The average Bonchev–Trinajstić information content (AvgIpc) is 2.16. The molecule has 1 atom stereocenters. The molecule has 0 aromatic carbocycles. The second-order valence-electron chi connectivity index (χ2n) is 2.88. The second kappa shape index (κ2) is 10.3. The van der Waals surface area contributed by atoms with Crippen LogP contribution in [0, 0.1) is 0 Å². The number of aliphatic hydroxyl groups excluding tert-OH is 1. The van der Waals surface area contributed by atoms with Crippen molar-refractivity contribution in [1.29, 1.82) is 0 Å². The van der Waals surface area contributed by atoms with Gasteiger partial charge < -0.3 is 15.2 Å². The van der Waals surface area contributed by atoms with Crippen molar-refractivity contribution < 1.29 is 9.84 Å². The number of nitrogens with one attached hydrogen (secondary N) is 1. The summed E-state index contributed by atoms with van der Waals surface area (Å²) in [5, 5.41) is 12.4. The molecule has 0 radical (unpaired) electrons. The Balaban J connectivity index is 2.91. The quantitative estimate of drug-likeness (QED) is 0.438. The Morgan fingerprint density at radius 2 is 2.08 bits per heavy atom. The third-order valence-corrected chi connectivity index (χ3v) is 2.57. The average molecular weight is 207 g/mol. The van der Waals surface area contributed by atoms with Gasteiger partial charge in [-0.2, -0.15) is 0 Å². The van der Waals surface area contributed by atoms with Gasteiger partial charge in [0.2, 0.25) is 0 Å². The van der Waals surface area contributed by atoms with E-state index in [1.807, 2.05) is 11.8 Å². The molecule has 0 aromatic rings. The van der Waals surface area contributed by atoms with Crippen LogP contribution >= 0.6 is 11.8 Å². The van der Waals surface area contributed by atoms with Crippen molar-refractivity contribution >= 4 is 11.8 Å². The molecule has 0 aliphatic heterocycles. The minimum atomic E-state index is 0.224. The molecule has 0 bridgehead atoms. The zero-order valence-corrected chi connectivity index (χ0v) is 9.40. The van der Waals surface area contributed by atoms with Crippen molar-refractivity contribution in [1.82, 2.24) is 5.32 Å². The highest BCUT2D eigenvalue weighted by Crippen LogP contribution is 1.99. The van der Waals surface area contributed by atoms with Crippen molar-refractivity contribution in [3.05, 3.63) is 0 Å². The van der Waals surface area contributed by atoms with E-state index in [0.29, 0.717) is 12.0 Å². The Labute approximate surface area is 85.2 Å². The Bertz CT molecular complexity index is 104. The number of thioether (sulfide) groups is 1. The fourth-order valence-electron chi connectivity index (χ4n) is 0.832. The predicted molar refractivity (Wildman–Crippen MR) is 58.1 cm³/mol. The molecule has 3 nitrogen and oxygen atoms in total. The monoisotopic (exact) mass is 207 g/mol. The lowest BCUT2D eigenvalue weighted by Crippen LogP contribution is -2.24. The first-order valence-corrected chi connectivity index (χ1v) is 6.05. The summed E-state index contributed by atoms with van der Waals surface area (Å²) in [6.07, 6.45) is 3.88. The van der Waals surface area contributed by atoms with E-state index in [1.54, 1.807) is 0 Å². The lowest BCUT2D eigenvalue weighted by Gasteiger charge is -2.10. The summed E-state index contributed by atoms with van der Waals surface area (Å²) in [6, 6.07) is 0. The van der Waals surface area contributed by atoms with Gasteiger partial charge >= 0.3 is 0 Å². The molecule has 0 aromatic heterocycles. The SMILES string of the molecule is CSC(C)NCCCOCCCO. The maximum atomic E-state index is 8.48. The van der Waals surface area contributed by atoms with Gasteiger partial charge in [-0.3, -0.25) is 0 Å². The van der Waals surface area contributed by atoms with E-state index in [4.69, 9.17) is 9.84 Å². The van der Waals surface area contributed by atoms with Gasteiger partial charge in [-0.15, -0.1) is 11.8 Å². The van der Waals surface area contributed by atoms with Crippen LogP contribution in [-0.2, 0) is 4.74 Å². The molecule has 1 unspecified atom stereocenters. The van der Waals surface area contributed by atoms with Crippen LogP contribution < -0.4 is 5.32 Å². The molecule has 4 heteroatoms. The molecule has 0 rings (SSSR count). The number of ether oxygens (including phenoxy) is 1. The van der Waals surface area contributed by atoms with Gasteiger partial charge in [0, 0.05) is 19.8 Å². The van der Waals surface area contributed by atoms with Gasteiger partial charge in [-0.1, -0.05) is 0 Å². The van der Waals surface area contributed by atoms with Crippen LogP contribution in [0.5, 0.6) is 0 Å². The largest absolute Gasteiger partial charge is 0.396 e. The van der Waals surface area contributed by atoms with Crippen molar-refractivity contribution in [2.75, 3.05) is 32.6 Å². The first-order chi connectivity index (χ1) is 6.31. The first kappa shape index (κ1) is 13.2. The molecule has 80 valence electrons. The number of hydrogen-bond acceptors (Lipinski definition) is 4. The number of hydrogen-bond donors (Lipinski definition) is 2. The molecule has 0 spiro atoms. The van der Waals surface area contributed by atoms with Crippen LogP contribution in [0.2, 0.25) is 0 Å². The highest BCUT2D eigenvalue weighted by atomic mass is 32.2. The van der Waals surface area contributed by atoms with Crippen LogP contribution in [0.1, 0.15) is 19.8 Å². The summed E-state index contributed by atoms with van der Waals surface area (Å²) in [5.41, 5.74) is 0. The van der Waals surface area contributed by atoms with Gasteiger partial charge in [-0.25, -0.2) is 0 Å². The van der Waals surface area contributed by atoms with E-state index in [9.17, 15) is 0 Å². The molecule has 0 saturated heterocycles. The molecule has 0 amide bonds. The van der Waals surface area contributed by atoms with Crippen LogP contribution in [0.25, 0.3) is 0 Å². The summed E-state index contributed by atoms with van der Waals surface area (Å²) in [6.45, 7) is 4.84. The van der Waals surface area contributed by atoms with Gasteiger partial charge in [-0.05, 0) is 32.6 Å². The molecule has 13 heavy (non-hydrogen) atoms. The lowest BCUT2D eigenvalue weighted by atomic mass is 10.4. The molecular formula is C9H21NO2S. The molecule has 0 heterocycles. The van der Waals surface area contributed by atoms with Crippen molar-refractivity contribution in [3.8, 4) is 0 Å². The standard InChI is InChI=1S/C9H21NO2S/c1-9(13-2)10-5-3-7-12-8-4-6-11/h9-11H,3-8H2,1-2H3. The van der Waals surface area contributed by atoms with E-state index in [-0.39, 0.29) is 6.61 Å². The highest BCUT2D eigenvalue weighted by molar-refractivity contribution is 7.99. The summed E-state index contributed by atoms with van der Waals surface area (Å²) >= 11 is 1.81. The summed E-state index contributed by atoms with van der Waals surface area (Å²) in [5.74, 6) is 0. The molecular weight excluding hydrogens is 186 g/mol. The Hall–Kier alpha value is 0.230. The predicted octanol–water partition coefficient (Wildman–Crippen LogP) is 1.07. The minimum absolute atomic E-state index is 0.224. The zero-order chi connectivity index (χ0) is 9.94. The van der Waals surface area contributed by atoms with Crippen LogP contribution in [-0.4, -0.2) is 43.1 Å². The van der Waals surface area contributed by atoms with E-state index in [1.165, 1.54) is 0 Å². The van der Waals surface area contributed by atoms with Gasteiger partial charge in [0.1, 0.15) is 0 Å². The highest BCUT2D eigenvalue weighted by Gasteiger charge is 1.95. The number of rotatable bonds is 9. The van der Waals surface area contributed by atoms with Crippen LogP contribution in [0.3, 0.4) is 0 Å². The van der Waals surface area contributed by atoms with Crippen LogP contribution in [0.4, 0.5) is 0 Å². The Kier molecular flexibility index (Phi) is 10.5. The normalized spacial score (nSPS) is 13.2. The summed E-state index contributed by atoms with van der Waals surface area (Å²) in [4.78, 5) is 0. The van der Waals surface area contributed by atoms with E-state index < -0.39 is 0 Å². The van der Waals surface area contributed by atoms with Crippen molar-refractivity contribution in [2.45, 2.75) is 25.1 Å². The molecule has 2 N–H and O–H groups in total. The van der Waals surface area contributed by atoms with Gasteiger partial charge in [0.25, 0.3) is 0 Å². The smallest absolute Gasteiger partial charge is 0.0500 e. The third-order valence-electron chi connectivity index (χ3n) is 1.70.